The van der Waals surface area contributed by atoms with Gasteiger partial charge in [-0.15, -0.1) is 0 Å². The van der Waals surface area contributed by atoms with Gasteiger partial charge in [-0.2, -0.15) is 5.26 Å². The van der Waals surface area contributed by atoms with Crippen LogP contribution in [0.15, 0.2) is 59.5 Å². The van der Waals surface area contributed by atoms with Crippen LogP contribution in [0, 0.1) is 18.3 Å². The van der Waals surface area contributed by atoms with Crippen LogP contribution in [-0.4, -0.2) is 22.9 Å². The lowest BCUT2D eigenvalue weighted by atomic mass is 9.94. The number of carbonyl (C=O) groups is 2. The van der Waals surface area contributed by atoms with Gasteiger partial charge >= 0.3 is 0 Å². The second-order valence-corrected chi connectivity index (χ2v) is 9.38. The molecular weight excluding hydrogens is 466 g/mol. The van der Waals surface area contributed by atoms with Gasteiger partial charge in [-0.1, -0.05) is 56.5 Å². The first-order valence-electron chi connectivity index (χ1n) is 12.7. The zero-order valence-electron chi connectivity index (χ0n) is 21.3. The molecule has 3 aromatic rings. The summed E-state index contributed by atoms with van der Waals surface area (Å²) in [6.07, 6.45) is 7.18. The van der Waals surface area contributed by atoms with Crippen molar-refractivity contribution < 1.29 is 14.3 Å². The highest BCUT2D eigenvalue weighted by Gasteiger charge is 2.22. The minimum Gasteiger partial charge on any atom is -0.483 e. The Labute approximate surface area is 216 Å². The zero-order valence-corrected chi connectivity index (χ0v) is 21.3. The Bertz CT molecular complexity index is 1410. The third kappa shape index (κ3) is 5.80. The van der Waals surface area contributed by atoms with Gasteiger partial charge in [-0.25, -0.2) is 0 Å². The molecule has 1 fully saturated rings. The van der Waals surface area contributed by atoms with E-state index in [0.29, 0.717) is 0 Å². The topological polar surface area (TPSA) is 101 Å². The minimum atomic E-state index is -0.371. The molecule has 1 heterocycles. The summed E-state index contributed by atoms with van der Waals surface area (Å²) < 4.78 is 7.34. The lowest BCUT2D eigenvalue weighted by molar-refractivity contribution is -0.118. The second-order valence-electron chi connectivity index (χ2n) is 9.38. The first-order valence-corrected chi connectivity index (χ1v) is 12.7. The first kappa shape index (κ1) is 25.9. The second kappa shape index (κ2) is 11.7. The van der Waals surface area contributed by atoms with Crippen LogP contribution in [0.25, 0.3) is 0 Å². The monoisotopic (exact) mass is 497 g/mol. The quantitative estimate of drug-likeness (QED) is 0.423. The van der Waals surface area contributed by atoms with Crippen LogP contribution in [0.4, 0.5) is 5.69 Å². The normalized spacial score (nSPS) is 13.5. The van der Waals surface area contributed by atoms with E-state index < -0.39 is 0 Å². The molecule has 0 spiro atoms. The van der Waals surface area contributed by atoms with E-state index in [4.69, 9.17) is 4.74 Å². The average molecular weight is 498 g/mol. The maximum Gasteiger partial charge on any atom is 0.268 e. The third-order valence-electron chi connectivity index (χ3n) is 6.89. The molecule has 1 aliphatic carbocycles. The number of ketones is 1. The van der Waals surface area contributed by atoms with Gasteiger partial charge in [0.05, 0.1) is 5.56 Å². The number of hydrogen-bond acceptors (Lipinski definition) is 5. The number of pyridine rings is 1. The van der Waals surface area contributed by atoms with Gasteiger partial charge in [-0.05, 0) is 55.5 Å². The molecule has 2 aromatic carbocycles. The van der Waals surface area contributed by atoms with Crippen LogP contribution in [0.3, 0.4) is 0 Å². The summed E-state index contributed by atoms with van der Waals surface area (Å²) in [4.78, 5) is 39.1. The van der Waals surface area contributed by atoms with Crippen molar-refractivity contribution in [1.82, 2.24) is 4.57 Å². The Kier molecular flexibility index (Phi) is 8.19. The SMILES string of the molecule is CCc1cccc(C)c1NC(=O)COc1ccccc1C(=O)c1cc(C#N)c(=O)n(C2CCCCC2)c1. The summed E-state index contributed by atoms with van der Waals surface area (Å²) in [6.45, 7) is 3.69. The van der Waals surface area contributed by atoms with E-state index in [-0.39, 0.29) is 52.3 Å². The van der Waals surface area contributed by atoms with E-state index >= 15 is 0 Å². The molecule has 7 heteroatoms. The summed E-state index contributed by atoms with van der Waals surface area (Å²) in [5.74, 6) is -0.440. The molecule has 0 radical (unpaired) electrons. The van der Waals surface area contributed by atoms with Crippen molar-refractivity contribution in [1.29, 1.82) is 5.26 Å². The number of nitriles is 1. The molecule has 7 nitrogen and oxygen atoms in total. The lowest BCUT2D eigenvalue weighted by Gasteiger charge is -2.24. The number of aromatic nitrogens is 1. The molecule has 0 unspecified atom stereocenters. The molecule has 0 bridgehead atoms. The molecule has 1 aliphatic rings. The van der Waals surface area contributed by atoms with Crippen molar-refractivity contribution in [3.8, 4) is 11.8 Å². The van der Waals surface area contributed by atoms with Crippen molar-refractivity contribution in [2.24, 2.45) is 0 Å². The number of amides is 1. The highest BCUT2D eigenvalue weighted by Crippen LogP contribution is 2.28. The predicted octanol–water partition coefficient (Wildman–Crippen LogP) is 5.34. The number of hydrogen-bond donors (Lipinski definition) is 1. The van der Waals surface area contributed by atoms with E-state index in [9.17, 15) is 19.6 Å². The number of rotatable bonds is 8. The van der Waals surface area contributed by atoms with Gasteiger partial charge in [0.2, 0.25) is 0 Å². The molecule has 0 saturated heterocycles. The van der Waals surface area contributed by atoms with Gasteiger partial charge in [0.15, 0.2) is 12.4 Å². The third-order valence-corrected chi connectivity index (χ3v) is 6.89. The zero-order chi connectivity index (χ0) is 26.4. The smallest absolute Gasteiger partial charge is 0.268 e. The fraction of sp³-hybridized carbons (Fsp3) is 0.333. The van der Waals surface area contributed by atoms with E-state index in [1.54, 1.807) is 35.0 Å². The van der Waals surface area contributed by atoms with E-state index in [1.165, 1.54) is 6.07 Å². The number of ether oxygens (including phenoxy) is 1. The van der Waals surface area contributed by atoms with Crippen molar-refractivity contribution in [2.45, 2.75) is 58.4 Å². The standard InChI is InChI=1S/C30H31N3O4/c1-3-21-11-9-10-20(2)28(21)32-27(34)19-37-26-15-8-7-14-25(26)29(35)23-16-22(17-31)30(36)33(18-23)24-12-5-4-6-13-24/h7-11,14-16,18,24H,3-6,12-13,19H2,1-2H3,(H,32,34). The van der Waals surface area contributed by atoms with Crippen LogP contribution in [-0.2, 0) is 11.2 Å². The van der Waals surface area contributed by atoms with Gasteiger partial charge in [0.1, 0.15) is 17.4 Å². The lowest BCUT2D eigenvalue weighted by Crippen LogP contribution is -2.29. The molecule has 0 aliphatic heterocycles. The van der Waals surface area contributed by atoms with Crippen molar-refractivity contribution in [3.05, 3.63) is 92.9 Å². The van der Waals surface area contributed by atoms with Crippen LogP contribution in [0.2, 0.25) is 0 Å². The first-order chi connectivity index (χ1) is 17.9. The average Bonchev–Trinajstić information content (AvgIpc) is 2.93. The van der Waals surface area contributed by atoms with Gasteiger partial charge in [0, 0.05) is 23.5 Å². The highest BCUT2D eigenvalue weighted by molar-refractivity contribution is 6.10. The largest absolute Gasteiger partial charge is 0.483 e. The molecular formula is C30H31N3O4. The Morgan fingerprint density at radius 1 is 1.11 bits per heavy atom. The molecule has 4 rings (SSSR count). The fourth-order valence-electron chi connectivity index (χ4n) is 4.89. The molecule has 0 atom stereocenters. The van der Waals surface area contributed by atoms with Crippen LogP contribution in [0.5, 0.6) is 5.75 Å². The summed E-state index contributed by atoms with van der Waals surface area (Å²) in [5.41, 5.74) is 2.86. The van der Waals surface area contributed by atoms with E-state index in [1.807, 2.05) is 38.1 Å². The molecule has 1 N–H and O–H groups in total. The molecule has 37 heavy (non-hydrogen) atoms. The van der Waals surface area contributed by atoms with Gasteiger partial charge in [-0.3, -0.25) is 14.4 Å². The van der Waals surface area contributed by atoms with Crippen LogP contribution in [0.1, 0.15) is 77.7 Å². The maximum atomic E-state index is 13.5. The van der Waals surface area contributed by atoms with Crippen molar-refractivity contribution >= 4 is 17.4 Å². The molecule has 1 saturated carbocycles. The van der Waals surface area contributed by atoms with Crippen molar-refractivity contribution in [2.75, 3.05) is 11.9 Å². The van der Waals surface area contributed by atoms with Crippen molar-refractivity contribution in [3.63, 3.8) is 0 Å². The Balaban J connectivity index is 1.56. The summed E-state index contributed by atoms with van der Waals surface area (Å²) in [7, 11) is 0. The minimum absolute atomic E-state index is 0.0225. The number of aryl methyl sites for hydroxylation is 2. The summed E-state index contributed by atoms with van der Waals surface area (Å²) in [6, 6.07) is 15.8. The Morgan fingerprint density at radius 2 is 1.86 bits per heavy atom. The number of benzene rings is 2. The number of para-hydroxylation sites is 2. The van der Waals surface area contributed by atoms with Crippen LogP contribution < -0.4 is 15.6 Å². The van der Waals surface area contributed by atoms with Gasteiger partial charge in [0.25, 0.3) is 11.5 Å². The fourth-order valence-corrected chi connectivity index (χ4v) is 4.89. The van der Waals surface area contributed by atoms with Gasteiger partial charge < -0.3 is 14.6 Å². The number of nitrogens with zero attached hydrogens (tertiary/aromatic N) is 2. The number of carbonyl (C=O) groups excluding carboxylic acids is 2. The Morgan fingerprint density at radius 3 is 2.59 bits per heavy atom. The predicted molar refractivity (Wildman–Crippen MR) is 142 cm³/mol. The number of anilines is 1. The summed E-state index contributed by atoms with van der Waals surface area (Å²) in [5, 5.41) is 12.5. The Hall–Kier alpha value is -4.18. The molecule has 1 aromatic heterocycles. The summed E-state index contributed by atoms with van der Waals surface area (Å²) >= 11 is 0. The van der Waals surface area contributed by atoms with Crippen LogP contribution >= 0.6 is 0 Å². The number of nitrogens with one attached hydrogen (secondary N) is 1. The molecule has 1 amide bonds. The van der Waals surface area contributed by atoms with E-state index in [2.05, 4.69) is 5.32 Å². The highest BCUT2D eigenvalue weighted by atomic mass is 16.5. The van der Waals surface area contributed by atoms with E-state index in [0.717, 1.165) is 55.3 Å². The maximum absolute atomic E-state index is 13.5. The molecule has 190 valence electrons.